The Bertz CT molecular complexity index is 1270. The second-order valence-electron chi connectivity index (χ2n) is 7.75. The number of halogens is 1. The molecule has 4 aromatic rings. The van der Waals surface area contributed by atoms with Gasteiger partial charge in [-0.15, -0.1) is 0 Å². The van der Waals surface area contributed by atoms with Crippen LogP contribution < -0.4 is 10.6 Å². The monoisotopic (exact) mass is 448 g/mol. The van der Waals surface area contributed by atoms with Crippen LogP contribution in [-0.2, 0) is 0 Å². The molecule has 9 heteroatoms. The molecule has 0 atom stereocenters. The third-order valence-corrected chi connectivity index (χ3v) is 5.25. The molecule has 33 heavy (non-hydrogen) atoms. The van der Waals surface area contributed by atoms with Crippen LogP contribution in [0.25, 0.3) is 16.9 Å². The van der Waals surface area contributed by atoms with Gasteiger partial charge in [0.05, 0.1) is 11.9 Å². The molecule has 0 fully saturated rings. The summed E-state index contributed by atoms with van der Waals surface area (Å²) in [7, 11) is 1.71. The number of aryl methyl sites for hydroxylation is 1. The van der Waals surface area contributed by atoms with E-state index in [4.69, 9.17) is 0 Å². The fraction of sp³-hybridized carbons (Fsp3) is 0.208. The Morgan fingerprint density at radius 3 is 2.70 bits per heavy atom. The molecule has 2 aromatic carbocycles. The summed E-state index contributed by atoms with van der Waals surface area (Å²) < 4.78 is 14.7. The van der Waals surface area contributed by atoms with Gasteiger partial charge in [0, 0.05) is 43.0 Å². The highest BCUT2D eigenvalue weighted by atomic mass is 19.1. The van der Waals surface area contributed by atoms with E-state index in [0.29, 0.717) is 42.1 Å². The molecule has 0 aliphatic rings. The summed E-state index contributed by atoms with van der Waals surface area (Å²) in [6.07, 6.45) is 2.43. The normalized spacial score (nSPS) is 10.9. The fourth-order valence-electron chi connectivity index (χ4n) is 3.41. The van der Waals surface area contributed by atoms with E-state index >= 15 is 0 Å². The number of aromatic hydroxyl groups is 1. The number of hydrogen-bond acceptors (Lipinski definition) is 5. The summed E-state index contributed by atoms with van der Waals surface area (Å²) in [5, 5.41) is 20.7. The molecule has 2 aromatic heterocycles. The van der Waals surface area contributed by atoms with Crippen LogP contribution in [0.1, 0.15) is 12.0 Å². The molecule has 3 N–H and O–H groups in total. The predicted molar refractivity (Wildman–Crippen MR) is 126 cm³/mol. The molecule has 0 unspecified atom stereocenters. The highest BCUT2D eigenvalue weighted by Gasteiger charge is 2.13. The Morgan fingerprint density at radius 2 is 1.94 bits per heavy atom. The minimum Gasteiger partial charge on any atom is -0.507 e. The summed E-state index contributed by atoms with van der Waals surface area (Å²) in [5.41, 5.74) is 3.45. The lowest BCUT2D eigenvalue weighted by Crippen LogP contribution is -2.32. The maximum absolute atomic E-state index is 13.0. The van der Waals surface area contributed by atoms with Crippen LogP contribution in [0.5, 0.6) is 5.75 Å². The number of fused-ring (bicyclic) bond motifs is 1. The topological polar surface area (TPSA) is 94.8 Å². The van der Waals surface area contributed by atoms with E-state index in [0.717, 1.165) is 11.4 Å². The minimum absolute atomic E-state index is 0.159. The number of benzene rings is 2. The summed E-state index contributed by atoms with van der Waals surface area (Å²) in [6.45, 7) is 3.04. The molecular weight excluding hydrogens is 423 g/mol. The molecule has 2 heterocycles. The second kappa shape index (κ2) is 9.56. The van der Waals surface area contributed by atoms with Crippen molar-refractivity contribution in [2.75, 3.05) is 30.8 Å². The first-order valence-electron chi connectivity index (χ1n) is 10.6. The van der Waals surface area contributed by atoms with Gasteiger partial charge in [0.1, 0.15) is 17.4 Å². The molecule has 4 rings (SSSR count). The van der Waals surface area contributed by atoms with Gasteiger partial charge in [0.2, 0.25) is 0 Å². The van der Waals surface area contributed by atoms with Crippen LogP contribution in [0.2, 0.25) is 0 Å². The zero-order chi connectivity index (χ0) is 23.4. The van der Waals surface area contributed by atoms with Gasteiger partial charge in [-0.05, 0) is 49.7 Å². The van der Waals surface area contributed by atoms with E-state index in [-0.39, 0.29) is 17.6 Å². The maximum atomic E-state index is 13.0. The molecular formula is C24H25FN6O2. The van der Waals surface area contributed by atoms with Crippen LogP contribution >= 0.6 is 0 Å². The molecule has 2 amide bonds. The lowest BCUT2D eigenvalue weighted by atomic mass is 10.1. The average molecular weight is 449 g/mol. The van der Waals surface area contributed by atoms with Crippen molar-refractivity contribution >= 4 is 23.2 Å². The van der Waals surface area contributed by atoms with E-state index in [2.05, 4.69) is 20.7 Å². The molecule has 8 nitrogen and oxygen atoms in total. The summed E-state index contributed by atoms with van der Waals surface area (Å²) in [4.78, 5) is 18.6. The summed E-state index contributed by atoms with van der Waals surface area (Å²) in [6, 6.07) is 14.3. The average Bonchev–Trinajstić information content (AvgIpc) is 3.19. The van der Waals surface area contributed by atoms with Gasteiger partial charge in [0.25, 0.3) is 0 Å². The van der Waals surface area contributed by atoms with Crippen LogP contribution in [0.4, 0.5) is 20.7 Å². The van der Waals surface area contributed by atoms with E-state index < -0.39 is 0 Å². The first kappa shape index (κ1) is 22.1. The van der Waals surface area contributed by atoms with Crippen LogP contribution in [0.15, 0.2) is 60.8 Å². The van der Waals surface area contributed by atoms with Crippen molar-refractivity contribution in [3.05, 3.63) is 72.2 Å². The Balaban J connectivity index is 1.40. The number of aromatic nitrogens is 3. The van der Waals surface area contributed by atoms with Gasteiger partial charge in [-0.3, -0.25) is 0 Å². The van der Waals surface area contributed by atoms with Gasteiger partial charge in [-0.1, -0.05) is 12.1 Å². The lowest BCUT2D eigenvalue weighted by molar-refractivity contribution is 0.222. The maximum Gasteiger partial charge on any atom is 0.321 e. The number of nitrogens with one attached hydrogen (secondary N) is 2. The zero-order valence-electron chi connectivity index (χ0n) is 18.4. The number of para-hydroxylation sites is 1. The van der Waals surface area contributed by atoms with E-state index in [1.165, 1.54) is 24.3 Å². The Kier molecular flexibility index (Phi) is 6.39. The van der Waals surface area contributed by atoms with Crippen molar-refractivity contribution in [1.82, 2.24) is 19.5 Å². The lowest BCUT2D eigenvalue weighted by Gasteiger charge is -2.18. The molecule has 0 aliphatic carbocycles. The van der Waals surface area contributed by atoms with Crippen molar-refractivity contribution in [2.45, 2.75) is 13.3 Å². The molecule has 0 aliphatic heterocycles. The molecule has 0 radical (unpaired) electrons. The first-order valence-corrected chi connectivity index (χ1v) is 10.6. The highest BCUT2D eigenvalue weighted by molar-refractivity contribution is 5.89. The number of amides is 2. The fourth-order valence-corrected chi connectivity index (χ4v) is 3.41. The zero-order valence-corrected chi connectivity index (χ0v) is 18.4. The van der Waals surface area contributed by atoms with Gasteiger partial charge in [-0.25, -0.2) is 14.2 Å². The number of carbonyl (C=O) groups excluding carboxylic acids is 1. The third-order valence-electron chi connectivity index (χ3n) is 5.25. The number of hydrogen-bond donors (Lipinski definition) is 3. The van der Waals surface area contributed by atoms with E-state index in [1.54, 1.807) is 34.8 Å². The van der Waals surface area contributed by atoms with Gasteiger partial charge >= 0.3 is 6.03 Å². The Labute approximate surface area is 190 Å². The van der Waals surface area contributed by atoms with Crippen molar-refractivity contribution in [3.63, 3.8) is 0 Å². The van der Waals surface area contributed by atoms with Crippen molar-refractivity contribution in [3.8, 4) is 17.0 Å². The van der Waals surface area contributed by atoms with E-state index in [1.807, 2.05) is 25.1 Å². The number of urea groups is 1. The highest BCUT2D eigenvalue weighted by Crippen LogP contribution is 2.30. The number of phenols is 1. The molecule has 0 saturated heterocycles. The molecule has 0 bridgehead atoms. The summed E-state index contributed by atoms with van der Waals surface area (Å²) >= 11 is 0. The number of carbonyl (C=O) groups is 1. The third kappa shape index (κ3) is 5.03. The molecule has 170 valence electrons. The predicted octanol–water partition coefficient (Wildman–Crippen LogP) is 4.52. The minimum atomic E-state index is -0.351. The van der Waals surface area contributed by atoms with Gasteiger partial charge in [-0.2, -0.15) is 9.61 Å². The quantitative estimate of drug-likeness (QED) is 0.362. The number of nitrogens with zero attached hydrogens (tertiary/aromatic N) is 4. The number of anilines is 2. The smallest absolute Gasteiger partial charge is 0.321 e. The van der Waals surface area contributed by atoms with E-state index in [9.17, 15) is 14.3 Å². The second-order valence-corrected chi connectivity index (χ2v) is 7.75. The van der Waals surface area contributed by atoms with Crippen LogP contribution in [-0.4, -0.2) is 50.8 Å². The van der Waals surface area contributed by atoms with Crippen molar-refractivity contribution in [2.24, 2.45) is 0 Å². The summed E-state index contributed by atoms with van der Waals surface area (Å²) in [5.74, 6) is 0.548. The first-order chi connectivity index (χ1) is 15.9. The van der Waals surface area contributed by atoms with Gasteiger partial charge in [0.15, 0.2) is 5.65 Å². The Morgan fingerprint density at radius 1 is 1.18 bits per heavy atom. The Hall–Kier alpha value is -4.14. The van der Waals surface area contributed by atoms with Crippen molar-refractivity contribution in [1.29, 1.82) is 0 Å². The van der Waals surface area contributed by atoms with Gasteiger partial charge < -0.3 is 20.6 Å². The van der Waals surface area contributed by atoms with Crippen molar-refractivity contribution < 1.29 is 14.3 Å². The number of rotatable bonds is 7. The van der Waals surface area contributed by atoms with Crippen LogP contribution in [0.3, 0.4) is 0 Å². The standard InChI is InChI=1S/C24H25FN6O2/c1-16-15-27-31-22(14-20(29-23(16)31)19-6-3-4-7-21(19)32)26-12-5-13-30(2)24(33)28-18-10-8-17(25)9-11-18/h3-4,6-11,14-15,26,32H,5,12-13H2,1-2H3,(H,28,33). The molecule has 0 saturated carbocycles. The SMILES string of the molecule is Cc1cnn2c(NCCCN(C)C(=O)Nc3ccc(F)cc3)cc(-c3ccccc3O)nc12. The molecule has 0 spiro atoms. The largest absolute Gasteiger partial charge is 0.507 e. The van der Waals surface area contributed by atoms with Crippen LogP contribution in [0, 0.1) is 12.7 Å². The number of phenolic OH excluding ortho intramolecular Hbond substituents is 1.